The van der Waals surface area contributed by atoms with E-state index in [0.29, 0.717) is 11.4 Å². The van der Waals surface area contributed by atoms with Gasteiger partial charge in [0.15, 0.2) is 0 Å². The second kappa shape index (κ2) is 7.67. The van der Waals surface area contributed by atoms with Crippen LogP contribution in [0.25, 0.3) is 11.8 Å². The van der Waals surface area contributed by atoms with Crippen molar-refractivity contribution in [2.24, 2.45) is 0 Å². The van der Waals surface area contributed by atoms with Crippen molar-refractivity contribution < 1.29 is 14.5 Å². The van der Waals surface area contributed by atoms with Gasteiger partial charge >= 0.3 is 6.03 Å². The first-order chi connectivity index (χ1) is 14.4. The molecule has 3 amide bonds. The quantitative estimate of drug-likeness (QED) is 0.304. The van der Waals surface area contributed by atoms with Crippen molar-refractivity contribution in [3.05, 3.63) is 99.5 Å². The summed E-state index contributed by atoms with van der Waals surface area (Å²) in [5, 5.41) is 13.5. The van der Waals surface area contributed by atoms with Crippen LogP contribution in [0.1, 0.15) is 16.8 Å². The van der Waals surface area contributed by atoms with E-state index < -0.39 is 16.9 Å². The zero-order valence-corrected chi connectivity index (χ0v) is 16.1. The minimum absolute atomic E-state index is 0.00390. The molecule has 2 heterocycles. The lowest BCUT2D eigenvalue weighted by molar-refractivity contribution is -0.384. The summed E-state index contributed by atoms with van der Waals surface area (Å²) in [6, 6.07) is 16.8. The van der Waals surface area contributed by atoms with Gasteiger partial charge in [-0.05, 0) is 42.8 Å². The molecule has 0 spiro atoms. The summed E-state index contributed by atoms with van der Waals surface area (Å²) in [4.78, 5) is 36.7. The highest BCUT2D eigenvalue weighted by Gasteiger charge is 2.33. The number of nitro benzene ring substituents is 1. The van der Waals surface area contributed by atoms with Crippen LogP contribution in [0.3, 0.4) is 0 Å². The van der Waals surface area contributed by atoms with Gasteiger partial charge in [-0.3, -0.25) is 19.8 Å². The van der Waals surface area contributed by atoms with E-state index in [0.717, 1.165) is 16.0 Å². The van der Waals surface area contributed by atoms with Gasteiger partial charge in [0.2, 0.25) is 0 Å². The molecular weight excluding hydrogens is 384 g/mol. The van der Waals surface area contributed by atoms with Crippen molar-refractivity contribution in [3.63, 3.8) is 0 Å². The zero-order chi connectivity index (χ0) is 21.3. The second-order valence-electron chi connectivity index (χ2n) is 6.94. The van der Waals surface area contributed by atoms with Gasteiger partial charge in [-0.25, -0.2) is 4.79 Å². The molecule has 4 rings (SSSR count). The average molecular weight is 402 g/mol. The van der Waals surface area contributed by atoms with Crippen LogP contribution in [0, 0.1) is 17.0 Å². The fourth-order valence-electron chi connectivity index (χ4n) is 3.22. The fraction of sp³-hybridized carbons (Fsp3) is 0.0909. The number of urea groups is 1. The molecule has 8 heteroatoms. The van der Waals surface area contributed by atoms with Crippen molar-refractivity contribution >= 4 is 23.7 Å². The Kier molecular flexibility index (Phi) is 4.89. The zero-order valence-electron chi connectivity index (χ0n) is 16.1. The normalized spacial score (nSPS) is 15.0. The molecule has 0 atom stereocenters. The van der Waals surface area contributed by atoms with Gasteiger partial charge in [0.05, 0.1) is 11.5 Å². The number of aryl methyl sites for hydroxylation is 1. The Bertz CT molecular complexity index is 1160. The summed E-state index contributed by atoms with van der Waals surface area (Å²) in [7, 11) is 0. The number of amides is 3. The third-order valence-corrected chi connectivity index (χ3v) is 4.83. The van der Waals surface area contributed by atoms with E-state index in [4.69, 9.17) is 0 Å². The Hall–Kier alpha value is -4.20. The molecule has 1 aliphatic rings. The van der Waals surface area contributed by atoms with Crippen LogP contribution in [-0.4, -0.2) is 26.3 Å². The van der Waals surface area contributed by atoms with Crippen molar-refractivity contribution in [3.8, 4) is 5.69 Å². The van der Waals surface area contributed by atoms with Crippen molar-refractivity contribution in [1.82, 2.24) is 14.8 Å². The standard InChI is InChI=1S/C22H18N4O4/c1-15-4-6-16(7-5-15)14-25-21(27)20(23-22(25)28)13-19-3-2-12-24(19)17-8-10-18(11-9-17)26(29)30/h2-13H,14H2,1H3,(H,23,28)/b20-13+. The number of benzene rings is 2. The first-order valence-corrected chi connectivity index (χ1v) is 9.24. The lowest BCUT2D eigenvalue weighted by Crippen LogP contribution is -2.30. The Balaban J connectivity index is 1.58. The summed E-state index contributed by atoms with van der Waals surface area (Å²) in [5.41, 5.74) is 3.49. The SMILES string of the molecule is Cc1ccc(CN2C(=O)N/C(=C/c3cccn3-c3ccc([N+](=O)[O-])cc3)C2=O)cc1. The monoisotopic (exact) mass is 402 g/mol. The van der Waals surface area contributed by atoms with Crippen molar-refractivity contribution in [2.45, 2.75) is 13.5 Å². The Labute approximate surface area is 172 Å². The molecule has 30 heavy (non-hydrogen) atoms. The number of nitrogens with one attached hydrogen (secondary N) is 1. The van der Waals surface area contributed by atoms with Crippen LogP contribution in [-0.2, 0) is 11.3 Å². The van der Waals surface area contributed by atoms with Gasteiger partial charge < -0.3 is 9.88 Å². The Morgan fingerprint density at radius 1 is 1.03 bits per heavy atom. The van der Waals surface area contributed by atoms with E-state index >= 15 is 0 Å². The second-order valence-corrected chi connectivity index (χ2v) is 6.94. The highest BCUT2D eigenvalue weighted by molar-refractivity contribution is 6.13. The molecule has 0 aliphatic carbocycles. The predicted molar refractivity (Wildman–Crippen MR) is 111 cm³/mol. The molecule has 1 aliphatic heterocycles. The summed E-state index contributed by atoms with van der Waals surface area (Å²) in [5.74, 6) is -0.406. The molecule has 1 saturated heterocycles. The molecule has 3 aromatic rings. The summed E-state index contributed by atoms with van der Waals surface area (Å²) >= 11 is 0. The van der Waals surface area contributed by atoms with E-state index in [1.54, 1.807) is 41.1 Å². The number of carbonyl (C=O) groups is 2. The molecular formula is C22H18N4O4. The molecule has 0 saturated carbocycles. The predicted octanol–water partition coefficient (Wildman–Crippen LogP) is 3.79. The topological polar surface area (TPSA) is 97.5 Å². The maximum absolute atomic E-state index is 12.8. The highest BCUT2D eigenvalue weighted by Crippen LogP contribution is 2.21. The van der Waals surface area contributed by atoms with Gasteiger partial charge in [-0.15, -0.1) is 0 Å². The third-order valence-electron chi connectivity index (χ3n) is 4.83. The number of nitro groups is 1. The first-order valence-electron chi connectivity index (χ1n) is 9.24. The maximum atomic E-state index is 12.8. The summed E-state index contributed by atoms with van der Waals surface area (Å²) < 4.78 is 1.78. The number of imide groups is 1. The molecule has 0 radical (unpaired) electrons. The summed E-state index contributed by atoms with van der Waals surface area (Å²) in [6.07, 6.45) is 3.37. The van der Waals surface area contributed by atoms with Gasteiger partial charge in [-0.2, -0.15) is 0 Å². The van der Waals surface area contributed by atoms with Gasteiger partial charge in [0, 0.05) is 29.7 Å². The van der Waals surface area contributed by atoms with Crippen LogP contribution in [0.15, 0.2) is 72.6 Å². The number of rotatable bonds is 5. The third kappa shape index (κ3) is 3.70. The van der Waals surface area contributed by atoms with Crippen LogP contribution in [0.4, 0.5) is 10.5 Å². The molecule has 2 aromatic carbocycles. The van der Waals surface area contributed by atoms with Gasteiger partial charge in [0.25, 0.3) is 11.6 Å². The summed E-state index contributed by atoms with van der Waals surface area (Å²) in [6.45, 7) is 2.16. The molecule has 1 fully saturated rings. The largest absolute Gasteiger partial charge is 0.329 e. The first kappa shape index (κ1) is 19.1. The molecule has 0 bridgehead atoms. The van der Waals surface area contributed by atoms with Crippen molar-refractivity contribution in [2.75, 3.05) is 0 Å². The maximum Gasteiger partial charge on any atom is 0.329 e. The molecule has 1 N–H and O–H groups in total. The minimum Gasteiger partial charge on any atom is -0.317 e. The number of nitrogens with zero attached hydrogens (tertiary/aromatic N) is 3. The van der Waals surface area contributed by atoms with E-state index in [1.165, 1.54) is 12.1 Å². The van der Waals surface area contributed by atoms with Gasteiger partial charge in [-0.1, -0.05) is 29.8 Å². The highest BCUT2D eigenvalue weighted by atomic mass is 16.6. The fourth-order valence-corrected chi connectivity index (χ4v) is 3.22. The lowest BCUT2D eigenvalue weighted by atomic mass is 10.1. The minimum atomic E-state index is -0.472. The number of hydrogen-bond acceptors (Lipinski definition) is 4. The molecule has 1 aromatic heterocycles. The smallest absolute Gasteiger partial charge is 0.317 e. The number of carbonyl (C=O) groups excluding carboxylic acids is 2. The molecule has 8 nitrogen and oxygen atoms in total. The number of hydrogen-bond donors (Lipinski definition) is 1. The average Bonchev–Trinajstić information content (AvgIpc) is 3.30. The number of aromatic nitrogens is 1. The van der Waals surface area contributed by atoms with Crippen LogP contribution in [0.5, 0.6) is 0 Å². The Morgan fingerprint density at radius 2 is 1.73 bits per heavy atom. The van der Waals surface area contributed by atoms with Crippen LogP contribution in [0.2, 0.25) is 0 Å². The van der Waals surface area contributed by atoms with Crippen LogP contribution >= 0.6 is 0 Å². The Morgan fingerprint density at radius 3 is 2.40 bits per heavy atom. The van der Waals surface area contributed by atoms with Crippen molar-refractivity contribution in [1.29, 1.82) is 0 Å². The lowest BCUT2D eigenvalue weighted by Gasteiger charge is -2.12. The molecule has 0 unspecified atom stereocenters. The van der Waals surface area contributed by atoms with E-state index in [1.807, 2.05) is 31.2 Å². The van der Waals surface area contributed by atoms with E-state index in [-0.39, 0.29) is 17.9 Å². The van der Waals surface area contributed by atoms with E-state index in [2.05, 4.69) is 5.32 Å². The molecule has 150 valence electrons. The van der Waals surface area contributed by atoms with Crippen LogP contribution < -0.4 is 5.32 Å². The van der Waals surface area contributed by atoms with Gasteiger partial charge in [0.1, 0.15) is 5.70 Å². The van der Waals surface area contributed by atoms with E-state index in [9.17, 15) is 19.7 Å². The number of non-ortho nitro benzene ring substituents is 1.